The van der Waals surface area contributed by atoms with Crippen LogP contribution in [0.3, 0.4) is 0 Å². The molecule has 0 aliphatic rings. The van der Waals surface area contributed by atoms with Crippen molar-refractivity contribution in [3.8, 4) is 23.6 Å². The largest absolute Gasteiger partial charge is 0.456 e. The molecule has 79 valence electrons. The SMILES string of the molecule is N#Cc1cccc(Oc2c[c]ccc2)c1C#N. The summed E-state index contributed by atoms with van der Waals surface area (Å²) in [5.74, 6) is 0.963. The zero-order chi connectivity index (χ0) is 12.1. The molecule has 0 aliphatic heterocycles. The van der Waals surface area contributed by atoms with Gasteiger partial charge in [-0.3, -0.25) is 0 Å². The Labute approximate surface area is 99.1 Å². The summed E-state index contributed by atoms with van der Waals surface area (Å²) >= 11 is 0. The van der Waals surface area contributed by atoms with E-state index in [4.69, 9.17) is 15.3 Å². The Balaban J connectivity index is 2.41. The average molecular weight is 219 g/mol. The second kappa shape index (κ2) is 4.83. The van der Waals surface area contributed by atoms with Gasteiger partial charge in [0.05, 0.1) is 5.56 Å². The van der Waals surface area contributed by atoms with Crippen molar-refractivity contribution in [2.24, 2.45) is 0 Å². The summed E-state index contributed by atoms with van der Waals surface area (Å²) in [6, 6.07) is 18.7. The molecular formula is C14H7N2O. The first-order valence-corrected chi connectivity index (χ1v) is 4.92. The minimum atomic E-state index is 0.249. The smallest absolute Gasteiger partial charge is 0.146 e. The van der Waals surface area contributed by atoms with E-state index in [9.17, 15) is 0 Å². The van der Waals surface area contributed by atoms with Crippen molar-refractivity contribution in [3.05, 3.63) is 59.7 Å². The first-order valence-electron chi connectivity index (χ1n) is 4.92. The van der Waals surface area contributed by atoms with Crippen molar-refractivity contribution in [2.45, 2.75) is 0 Å². The molecule has 0 spiro atoms. The van der Waals surface area contributed by atoms with Crippen LogP contribution in [0.25, 0.3) is 0 Å². The average Bonchev–Trinajstić information content (AvgIpc) is 2.39. The Bertz CT molecular complexity index is 606. The third kappa shape index (κ3) is 2.25. The van der Waals surface area contributed by atoms with E-state index in [2.05, 4.69) is 6.07 Å². The van der Waals surface area contributed by atoms with Gasteiger partial charge in [-0.1, -0.05) is 18.2 Å². The summed E-state index contributed by atoms with van der Waals surface area (Å²) in [4.78, 5) is 0. The Morgan fingerprint density at radius 2 is 1.94 bits per heavy atom. The van der Waals surface area contributed by atoms with Gasteiger partial charge < -0.3 is 4.74 Å². The molecule has 3 heteroatoms. The molecule has 0 amide bonds. The summed E-state index contributed by atoms with van der Waals surface area (Å²) in [5.41, 5.74) is 0.559. The molecule has 2 aromatic carbocycles. The van der Waals surface area contributed by atoms with E-state index >= 15 is 0 Å². The third-order valence-corrected chi connectivity index (χ3v) is 2.16. The molecule has 2 rings (SSSR count). The topological polar surface area (TPSA) is 56.8 Å². The van der Waals surface area contributed by atoms with Gasteiger partial charge in [0.2, 0.25) is 0 Å². The van der Waals surface area contributed by atoms with Gasteiger partial charge >= 0.3 is 0 Å². The van der Waals surface area contributed by atoms with Crippen molar-refractivity contribution in [1.29, 1.82) is 10.5 Å². The Hall–Kier alpha value is -2.78. The molecule has 0 N–H and O–H groups in total. The van der Waals surface area contributed by atoms with Crippen molar-refractivity contribution in [1.82, 2.24) is 0 Å². The molecule has 0 aromatic heterocycles. The van der Waals surface area contributed by atoms with Crippen LogP contribution in [0.5, 0.6) is 11.5 Å². The lowest BCUT2D eigenvalue weighted by molar-refractivity contribution is 0.481. The fourth-order valence-corrected chi connectivity index (χ4v) is 1.39. The molecule has 0 fully saturated rings. The fourth-order valence-electron chi connectivity index (χ4n) is 1.39. The monoisotopic (exact) mass is 219 g/mol. The minimum Gasteiger partial charge on any atom is -0.456 e. The van der Waals surface area contributed by atoms with E-state index < -0.39 is 0 Å². The van der Waals surface area contributed by atoms with Gasteiger partial charge in [0, 0.05) is 0 Å². The summed E-state index contributed by atoms with van der Waals surface area (Å²) < 4.78 is 5.54. The van der Waals surface area contributed by atoms with E-state index in [-0.39, 0.29) is 5.56 Å². The number of nitriles is 2. The van der Waals surface area contributed by atoms with Gasteiger partial charge in [-0.25, -0.2) is 0 Å². The van der Waals surface area contributed by atoms with Crippen LogP contribution in [0.4, 0.5) is 0 Å². The maximum Gasteiger partial charge on any atom is 0.146 e. The summed E-state index contributed by atoms with van der Waals surface area (Å²) in [6.07, 6.45) is 0. The zero-order valence-electron chi connectivity index (χ0n) is 8.84. The molecule has 0 aliphatic carbocycles. The van der Waals surface area contributed by atoms with Gasteiger partial charge in [-0.2, -0.15) is 10.5 Å². The Morgan fingerprint density at radius 1 is 1.06 bits per heavy atom. The van der Waals surface area contributed by atoms with Crippen LogP contribution < -0.4 is 4.74 Å². The second-order valence-corrected chi connectivity index (χ2v) is 3.24. The van der Waals surface area contributed by atoms with Crippen LogP contribution in [-0.4, -0.2) is 0 Å². The summed E-state index contributed by atoms with van der Waals surface area (Å²) in [7, 11) is 0. The number of ether oxygens (including phenoxy) is 1. The van der Waals surface area contributed by atoms with Gasteiger partial charge in [-0.15, -0.1) is 0 Å². The lowest BCUT2D eigenvalue weighted by atomic mass is 10.1. The number of benzene rings is 2. The molecule has 17 heavy (non-hydrogen) atoms. The molecule has 0 heterocycles. The van der Waals surface area contributed by atoms with E-state index in [1.807, 2.05) is 12.1 Å². The lowest BCUT2D eigenvalue weighted by Crippen LogP contribution is -1.91. The molecule has 2 aromatic rings. The molecule has 0 unspecified atom stereocenters. The molecule has 3 nitrogen and oxygen atoms in total. The zero-order valence-corrected chi connectivity index (χ0v) is 8.84. The molecule has 0 saturated carbocycles. The summed E-state index contributed by atoms with van der Waals surface area (Å²) in [6.45, 7) is 0. The predicted octanol–water partition coefficient (Wildman–Crippen LogP) is 3.02. The van der Waals surface area contributed by atoms with Crippen LogP contribution in [0.15, 0.2) is 42.5 Å². The highest BCUT2D eigenvalue weighted by atomic mass is 16.5. The molecule has 0 saturated heterocycles. The maximum atomic E-state index is 9.02. The van der Waals surface area contributed by atoms with E-state index in [0.29, 0.717) is 17.1 Å². The van der Waals surface area contributed by atoms with Crippen LogP contribution in [-0.2, 0) is 0 Å². The first-order chi connectivity index (χ1) is 8.35. The van der Waals surface area contributed by atoms with Crippen molar-refractivity contribution < 1.29 is 4.74 Å². The molecular weight excluding hydrogens is 212 g/mol. The number of hydrogen-bond acceptors (Lipinski definition) is 3. The standard InChI is InChI=1S/C14H7N2O/c15-9-11-5-4-8-14(13(11)10-16)17-12-6-2-1-3-7-12/h1-2,4-8H. The first kappa shape index (κ1) is 10.7. The minimum absolute atomic E-state index is 0.249. The highest BCUT2D eigenvalue weighted by molar-refractivity contribution is 5.54. The normalized spacial score (nSPS) is 9.06. The molecule has 1 radical (unpaired) electrons. The predicted molar refractivity (Wildman–Crippen MR) is 61.2 cm³/mol. The molecule has 0 bridgehead atoms. The fraction of sp³-hybridized carbons (Fsp3) is 0. The van der Waals surface area contributed by atoms with Crippen LogP contribution in [0.1, 0.15) is 11.1 Å². The lowest BCUT2D eigenvalue weighted by Gasteiger charge is -2.07. The number of hydrogen-bond donors (Lipinski definition) is 0. The Kier molecular flexibility index (Phi) is 3.05. The van der Waals surface area contributed by atoms with Crippen LogP contribution >= 0.6 is 0 Å². The van der Waals surface area contributed by atoms with Crippen molar-refractivity contribution in [3.63, 3.8) is 0 Å². The second-order valence-electron chi connectivity index (χ2n) is 3.24. The molecule has 0 atom stereocenters. The Morgan fingerprint density at radius 3 is 2.59 bits per heavy atom. The van der Waals surface area contributed by atoms with Crippen molar-refractivity contribution in [2.75, 3.05) is 0 Å². The quantitative estimate of drug-likeness (QED) is 0.780. The third-order valence-electron chi connectivity index (χ3n) is 2.16. The maximum absolute atomic E-state index is 9.02. The van der Waals surface area contributed by atoms with Gasteiger partial charge in [0.1, 0.15) is 29.2 Å². The van der Waals surface area contributed by atoms with E-state index in [1.165, 1.54) is 0 Å². The van der Waals surface area contributed by atoms with E-state index in [1.54, 1.807) is 42.5 Å². The highest BCUT2D eigenvalue weighted by Crippen LogP contribution is 2.26. The van der Waals surface area contributed by atoms with Crippen molar-refractivity contribution >= 4 is 0 Å². The van der Waals surface area contributed by atoms with Gasteiger partial charge in [0.25, 0.3) is 0 Å². The summed E-state index contributed by atoms with van der Waals surface area (Å²) in [5, 5.41) is 17.9. The van der Waals surface area contributed by atoms with E-state index in [0.717, 1.165) is 0 Å². The number of rotatable bonds is 2. The van der Waals surface area contributed by atoms with Gasteiger partial charge in [-0.05, 0) is 30.3 Å². The van der Waals surface area contributed by atoms with Crippen LogP contribution in [0.2, 0.25) is 0 Å². The van der Waals surface area contributed by atoms with Gasteiger partial charge in [0.15, 0.2) is 0 Å². The number of nitrogens with zero attached hydrogens (tertiary/aromatic N) is 2. The highest BCUT2D eigenvalue weighted by Gasteiger charge is 2.09. The van der Waals surface area contributed by atoms with Crippen LogP contribution in [0, 0.1) is 28.7 Å².